The van der Waals surface area contributed by atoms with Crippen LogP contribution >= 0.6 is 24.0 Å². The monoisotopic (exact) mass is 273 g/mol. The lowest BCUT2D eigenvalue weighted by Crippen LogP contribution is -2.01. The minimum atomic E-state index is -1.33. The minimum absolute atomic E-state index is 0.0919. The number of aromatic nitrogens is 1. The second-order valence-electron chi connectivity index (χ2n) is 3.12. The van der Waals surface area contributed by atoms with Gasteiger partial charge in [-0.3, -0.25) is 0 Å². The molecule has 0 aliphatic heterocycles. The number of carboxylic acid groups (broad SMARTS) is 1. The molecule has 88 valence electrons. The number of thiol groups is 1. The maximum atomic E-state index is 13.1. The van der Waals surface area contributed by atoms with Crippen LogP contribution in [0.1, 0.15) is 10.4 Å². The number of halogens is 2. The molecule has 0 saturated carbocycles. The molecule has 1 N–H and O–H groups in total. The number of hydrogen-bond donors (Lipinski definition) is 2. The summed E-state index contributed by atoms with van der Waals surface area (Å²) in [5.74, 6) is -3.62. The second kappa shape index (κ2) is 4.42. The Kier molecular flexibility index (Phi) is 3.12. The van der Waals surface area contributed by atoms with E-state index in [1.54, 1.807) is 0 Å². The summed E-state index contributed by atoms with van der Waals surface area (Å²) in [4.78, 5) is 15.2. The largest absolute Gasteiger partial charge is 0.478 e. The smallest absolute Gasteiger partial charge is 0.336 e. The third-order valence-corrected chi connectivity index (χ3v) is 3.27. The summed E-state index contributed by atoms with van der Waals surface area (Å²) in [6.45, 7) is 0. The molecule has 0 saturated heterocycles. The van der Waals surface area contributed by atoms with Gasteiger partial charge in [-0.2, -0.15) is 0 Å². The van der Waals surface area contributed by atoms with Gasteiger partial charge < -0.3 is 5.11 Å². The van der Waals surface area contributed by atoms with Crippen LogP contribution in [0.4, 0.5) is 8.78 Å². The molecule has 2 aromatic rings. The van der Waals surface area contributed by atoms with E-state index < -0.39 is 17.6 Å². The number of aromatic carboxylic acids is 1. The first-order chi connectivity index (χ1) is 7.99. The van der Waals surface area contributed by atoms with Crippen molar-refractivity contribution in [2.75, 3.05) is 0 Å². The van der Waals surface area contributed by atoms with Gasteiger partial charge in [0.1, 0.15) is 4.34 Å². The number of hydrogen-bond acceptors (Lipinski definition) is 4. The van der Waals surface area contributed by atoms with Gasteiger partial charge in [0.05, 0.1) is 10.4 Å². The Bertz CT molecular complexity index is 598. The van der Waals surface area contributed by atoms with Gasteiger partial charge in [-0.05, 0) is 12.1 Å². The van der Waals surface area contributed by atoms with Crippen LogP contribution in [0.15, 0.2) is 22.7 Å². The molecule has 0 bridgehead atoms. The van der Waals surface area contributed by atoms with Gasteiger partial charge in [-0.15, -0.1) is 24.0 Å². The van der Waals surface area contributed by atoms with Gasteiger partial charge in [0.15, 0.2) is 11.6 Å². The normalized spacial score (nSPS) is 10.5. The first-order valence-corrected chi connectivity index (χ1v) is 5.63. The Morgan fingerprint density at radius 1 is 1.35 bits per heavy atom. The number of benzene rings is 1. The molecule has 1 aromatic carbocycles. The quantitative estimate of drug-likeness (QED) is 0.827. The fourth-order valence-corrected chi connectivity index (χ4v) is 2.36. The average Bonchev–Trinajstić information content (AvgIpc) is 2.68. The molecular formula is C10H5F2NO2S2. The van der Waals surface area contributed by atoms with Gasteiger partial charge in [-0.25, -0.2) is 18.6 Å². The highest BCUT2D eigenvalue weighted by molar-refractivity contribution is 7.82. The molecule has 7 heteroatoms. The van der Waals surface area contributed by atoms with Crippen molar-refractivity contribution in [1.82, 2.24) is 4.98 Å². The van der Waals surface area contributed by atoms with Crippen molar-refractivity contribution >= 4 is 29.9 Å². The van der Waals surface area contributed by atoms with Crippen molar-refractivity contribution in [3.63, 3.8) is 0 Å². The van der Waals surface area contributed by atoms with E-state index in [-0.39, 0.29) is 11.1 Å². The Balaban J connectivity index is 2.67. The zero-order chi connectivity index (χ0) is 12.6. The predicted molar refractivity (Wildman–Crippen MR) is 61.7 cm³/mol. The van der Waals surface area contributed by atoms with Crippen LogP contribution in [-0.2, 0) is 0 Å². The van der Waals surface area contributed by atoms with Crippen LogP contribution in [0, 0.1) is 11.6 Å². The van der Waals surface area contributed by atoms with Crippen LogP contribution < -0.4 is 0 Å². The molecule has 0 radical (unpaired) electrons. The molecule has 3 nitrogen and oxygen atoms in total. The summed E-state index contributed by atoms with van der Waals surface area (Å²) in [5.41, 5.74) is -0.213. The molecule has 1 aromatic heterocycles. The van der Waals surface area contributed by atoms with E-state index in [1.807, 2.05) is 0 Å². The summed E-state index contributed by atoms with van der Waals surface area (Å²) < 4.78 is 26.5. The highest BCUT2D eigenvalue weighted by Gasteiger charge is 2.17. The maximum absolute atomic E-state index is 13.1. The Morgan fingerprint density at radius 3 is 2.53 bits per heavy atom. The van der Waals surface area contributed by atoms with E-state index in [0.717, 1.165) is 17.4 Å². The fourth-order valence-electron chi connectivity index (χ4n) is 1.32. The average molecular weight is 273 g/mol. The van der Waals surface area contributed by atoms with Crippen LogP contribution in [-0.4, -0.2) is 16.1 Å². The molecule has 0 spiro atoms. The van der Waals surface area contributed by atoms with E-state index in [1.165, 1.54) is 6.20 Å². The van der Waals surface area contributed by atoms with E-state index in [2.05, 4.69) is 17.6 Å². The second-order valence-corrected chi connectivity index (χ2v) is 4.88. The molecule has 17 heavy (non-hydrogen) atoms. The number of thiazole rings is 1. The highest BCUT2D eigenvalue weighted by atomic mass is 32.2. The zero-order valence-corrected chi connectivity index (χ0v) is 9.86. The third kappa shape index (κ3) is 2.29. The number of carbonyl (C=O) groups is 1. The van der Waals surface area contributed by atoms with Crippen molar-refractivity contribution in [2.24, 2.45) is 0 Å². The number of nitrogens with zero attached hydrogens (tertiary/aromatic N) is 1. The lowest BCUT2D eigenvalue weighted by molar-refractivity contribution is 0.0697. The summed E-state index contributed by atoms with van der Waals surface area (Å²) in [6, 6.07) is 1.50. The molecule has 0 aliphatic carbocycles. The van der Waals surface area contributed by atoms with Crippen molar-refractivity contribution in [2.45, 2.75) is 4.34 Å². The van der Waals surface area contributed by atoms with Crippen molar-refractivity contribution in [3.05, 3.63) is 35.5 Å². The summed E-state index contributed by atoms with van der Waals surface area (Å²) in [5, 5.41) is 8.93. The van der Waals surface area contributed by atoms with E-state index in [0.29, 0.717) is 15.3 Å². The standard InChI is InChI=1S/C10H5F2NO2S2/c11-6-1-4(8-3-13-10(16)17-8)5(9(14)15)2-7(6)12/h1-3H,(H,13,16)(H,14,15). The topological polar surface area (TPSA) is 50.2 Å². The third-order valence-electron chi connectivity index (χ3n) is 2.05. The predicted octanol–water partition coefficient (Wildman–Crippen LogP) is 3.08. The molecule has 0 amide bonds. The van der Waals surface area contributed by atoms with Crippen LogP contribution in [0.2, 0.25) is 0 Å². The zero-order valence-electron chi connectivity index (χ0n) is 8.15. The summed E-state index contributed by atoms with van der Waals surface area (Å²) in [6.07, 6.45) is 1.37. The van der Waals surface area contributed by atoms with Gasteiger partial charge in [0.2, 0.25) is 0 Å². The molecule has 0 aliphatic rings. The van der Waals surface area contributed by atoms with E-state index in [4.69, 9.17) is 5.11 Å². The first kappa shape index (κ1) is 12.0. The van der Waals surface area contributed by atoms with E-state index >= 15 is 0 Å². The molecular weight excluding hydrogens is 268 g/mol. The Labute approximate surface area is 104 Å². The summed E-state index contributed by atoms with van der Waals surface area (Å²) in [7, 11) is 0. The highest BCUT2D eigenvalue weighted by Crippen LogP contribution is 2.31. The van der Waals surface area contributed by atoms with Crippen LogP contribution in [0.3, 0.4) is 0 Å². The first-order valence-electron chi connectivity index (χ1n) is 4.36. The maximum Gasteiger partial charge on any atom is 0.336 e. The Morgan fingerprint density at radius 2 is 2.00 bits per heavy atom. The molecule has 0 atom stereocenters. The SMILES string of the molecule is O=C(O)c1cc(F)c(F)cc1-c1cnc(S)s1. The van der Waals surface area contributed by atoms with Gasteiger partial charge in [0.25, 0.3) is 0 Å². The van der Waals surface area contributed by atoms with Crippen molar-refractivity contribution in [3.8, 4) is 10.4 Å². The van der Waals surface area contributed by atoms with Crippen LogP contribution in [0.5, 0.6) is 0 Å². The number of rotatable bonds is 2. The van der Waals surface area contributed by atoms with Crippen molar-refractivity contribution < 1.29 is 18.7 Å². The molecule has 0 unspecified atom stereocenters. The van der Waals surface area contributed by atoms with E-state index in [9.17, 15) is 13.6 Å². The van der Waals surface area contributed by atoms with Gasteiger partial charge in [0, 0.05) is 11.8 Å². The lowest BCUT2D eigenvalue weighted by atomic mass is 10.1. The Hall–Kier alpha value is -1.47. The van der Waals surface area contributed by atoms with Gasteiger partial charge >= 0.3 is 5.97 Å². The van der Waals surface area contributed by atoms with Crippen LogP contribution in [0.25, 0.3) is 10.4 Å². The molecule has 0 fully saturated rings. The van der Waals surface area contributed by atoms with Crippen molar-refractivity contribution in [1.29, 1.82) is 0 Å². The lowest BCUT2D eigenvalue weighted by Gasteiger charge is -2.04. The molecule has 2 rings (SSSR count). The number of carboxylic acids is 1. The minimum Gasteiger partial charge on any atom is -0.478 e. The van der Waals surface area contributed by atoms with Gasteiger partial charge in [-0.1, -0.05) is 0 Å². The summed E-state index contributed by atoms with van der Waals surface area (Å²) >= 11 is 5.07. The molecule has 1 heterocycles. The fraction of sp³-hybridized carbons (Fsp3) is 0.